The second-order valence-corrected chi connectivity index (χ2v) is 5.55. The predicted octanol–water partition coefficient (Wildman–Crippen LogP) is 3.18. The summed E-state index contributed by atoms with van der Waals surface area (Å²) in [6.45, 7) is 0.299. The van der Waals surface area contributed by atoms with Crippen LogP contribution in [0.2, 0.25) is 5.02 Å². The van der Waals surface area contributed by atoms with E-state index in [0.29, 0.717) is 16.4 Å². The molecule has 2 aromatic rings. The van der Waals surface area contributed by atoms with E-state index >= 15 is 0 Å². The van der Waals surface area contributed by atoms with Gasteiger partial charge in [-0.05, 0) is 23.6 Å². The minimum atomic E-state index is -0.202. The van der Waals surface area contributed by atoms with E-state index in [1.807, 2.05) is 30.3 Å². The Kier molecular flexibility index (Phi) is 5.19. The van der Waals surface area contributed by atoms with Crippen molar-refractivity contribution in [1.82, 2.24) is 0 Å². The Bertz CT molecular complexity index is 643. The molecule has 0 aliphatic carbocycles. The average Bonchev–Trinajstić information content (AvgIpc) is 2.94. The number of nitrogens with zero attached hydrogens (tertiary/aromatic N) is 2. The first-order chi connectivity index (χ1) is 10.1. The number of nitrogens with two attached hydrogens (primary N) is 1. The van der Waals surface area contributed by atoms with Crippen molar-refractivity contribution in [2.24, 2.45) is 10.9 Å². The number of carbonyl (C=O) groups is 1. The molecule has 0 spiro atoms. The number of halogens is 1. The SMILES string of the molecule is N/C(CCN(C(=O)c1sccc1Cl)c1ccccc1)=N/O. The van der Waals surface area contributed by atoms with Gasteiger partial charge in [0.25, 0.3) is 5.91 Å². The van der Waals surface area contributed by atoms with E-state index in [1.165, 1.54) is 11.3 Å². The zero-order chi connectivity index (χ0) is 15.2. The Balaban J connectivity index is 2.28. The fraction of sp³-hybridized carbons (Fsp3) is 0.143. The van der Waals surface area contributed by atoms with Gasteiger partial charge >= 0.3 is 0 Å². The molecular weight excluding hydrogens is 310 g/mol. The van der Waals surface area contributed by atoms with E-state index < -0.39 is 0 Å². The van der Waals surface area contributed by atoms with Crippen molar-refractivity contribution in [3.63, 3.8) is 0 Å². The summed E-state index contributed by atoms with van der Waals surface area (Å²) in [6.07, 6.45) is 0.264. The lowest BCUT2D eigenvalue weighted by Crippen LogP contribution is -2.33. The van der Waals surface area contributed by atoms with Crippen LogP contribution in [0, 0.1) is 0 Å². The molecule has 3 N–H and O–H groups in total. The molecule has 21 heavy (non-hydrogen) atoms. The van der Waals surface area contributed by atoms with E-state index in [2.05, 4.69) is 5.16 Å². The number of para-hydroxylation sites is 1. The summed E-state index contributed by atoms with van der Waals surface area (Å²) >= 11 is 7.32. The number of carbonyl (C=O) groups excluding carboxylic acids is 1. The maximum absolute atomic E-state index is 12.6. The molecule has 5 nitrogen and oxygen atoms in total. The number of rotatable bonds is 5. The topological polar surface area (TPSA) is 78.9 Å². The Morgan fingerprint density at radius 2 is 2.05 bits per heavy atom. The van der Waals surface area contributed by atoms with E-state index in [-0.39, 0.29) is 18.2 Å². The van der Waals surface area contributed by atoms with Crippen LogP contribution in [0.3, 0.4) is 0 Å². The molecule has 0 saturated heterocycles. The van der Waals surface area contributed by atoms with Crippen molar-refractivity contribution < 1.29 is 10.0 Å². The van der Waals surface area contributed by atoms with Gasteiger partial charge in [0, 0.05) is 18.7 Å². The highest BCUT2D eigenvalue weighted by atomic mass is 35.5. The first-order valence-electron chi connectivity index (χ1n) is 6.19. The lowest BCUT2D eigenvalue weighted by Gasteiger charge is -2.22. The van der Waals surface area contributed by atoms with Gasteiger partial charge in [0.05, 0.1) is 5.02 Å². The highest BCUT2D eigenvalue weighted by molar-refractivity contribution is 7.12. The fourth-order valence-corrected chi connectivity index (χ4v) is 2.89. The van der Waals surface area contributed by atoms with Gasteiger partial charge in [0.1, 0.15) is 10.7 Å². The van der Waals surface area contributed by atoms with Gasteiger partial charge in [0.2, 0.25) is 0 Å². The first kappa shape index (κ1) is 15.3. The van der Waals surface area contributed by atoms with Crippen molar-refractivity contribution >= 4 is 40.4 Å². The molecule has 0 aliphatic rings. The third-order valence-electron chi connectivity index (χ3n) is 2.84. The van der Waals surface area contributed by atoms with Gasteiger partial charge in [-0.3, -0.25) is 4.79 Å². The highest BCUT2D eigenvalue weighted by Crippen LogP contribution is 2.26. The average molecular weight is 324 g/mol. The molecule has 1 amide bonds. The number of benzene rings is 1. The summed E-state index contributed by atoms with van der Waals surface area (Å²) in [5.74, 6) is -0.132. The van der Waals surface area contributed by atoms with E-state index in [1.54, 1.807) is 16.3 Å². The Hall–Kier alpha value is -2.05. The maximum Gasteiger partial charge on any atom is 0.269 e. The van der Waals surface area contributed by atoms with Crippen molar-refractivity contribution in [3.8, 4) is 0 Å². The number of amides is 1. The lowest BCUT2D eigenvalue weighted by atomic mass is 10.2. The molecule has 0 unspecified atom stereocenters. The van der Waals surface area contributed by atoms with Crippen LogP contribution in [0.4, 0.5) is 5.69 Å². The maximum atomic E-state index is 12.6. The quantitative estimate of drug-likeness (QED) is 0.384. The third kappa shape index (κ3) is 3.74. The third-order valence-corrected chi connectivity index (χ3v) is 4.17. The molecule has 7 heteroatoms. The smallest absolute Gasteiger partial charge is 0.269 e. The van der Waals surface area contributed by atoms with Crippen LogP contribution in [0.25, 0.3) is 0 Å². The summed E-state index contributed by atoms with van der Waals surface area (Å²) in [6, 6.07) is 10.9. The number of anilines is 1. The van der Waals surface area contributed by atoms with Crippen LogP contribution in [-0.2, 0) is 0 Å². The molecule has 0 bridgehead atoms. The standard InChI is InChI=1S/C14H14ClN3O2S/c15-11-7-9-21-13(11)14(19)18(8-6-12(16)17-20)10-4-2-1-3-5-10/h1-5,7,9,20H,6,8H2,(H2,16,17). The van der Waals surface area contributed by atoms with Gasteiger partial charge in [-0.1, -0.05) is 35.0 Å². The molecule has 0 fully saturated rings. The van der Waals surface area contributed by atoms with Crippen molar-refractivity contribution in [2.75, 3.05) is 11.4 Å². The van der Waals surface area contributed by atoms with Crippen LogP contribution >= 0.6 is 22.9 Å². The molecule has 2 rings (SSSR count). The van der Waals surface area contributed by atoms with E-state index in [9.17, 15) is 4.79 Å². The molecule has 0 aliphatic heterocycles. The van der Waals surface area contributed by atoms with Crippen LogP contribution in [0.15, 0.2) is 46.9 Å². The van der Waals surface area contributed by atoms with Gasteiger partial charge in [-0.25, -0.2) is 0 Å². The molecule has 0 radical (unpaired) electrons. The van der Waals surface area contributed by atoms with Crippen LogP contribution < -0.4 is 10.6 Å². The number of hydrogen-bond donors (Lipinski definition) is 2. The molecule has 0 saturated carbocycles. The molecule has 0 atom stereocenters. The monoisotopic (exact) mass is 323 g/mol. The number of hydrogen-bond acceptors (Lipinski definition) is 4. The molecular formula is C14H14ClN3O2S. The van der Waals surface area contributed by atoms with Gasteiger partial charge in [0.15, 0.2) is 0 Å². The van der Waals surface area contributed by atoms with Crippen LogP contribution in [0.1, 0.15) is 16.1 Å². The zero-order valence-electron chi connectivity index (χ0n) is 11.1. The summed E-state index contributed by atoms with van der Waals surface area (Å²) < 4.78 is 0. The number of amidine groups is 1. The normalized spacial score (nSPS) is 11.4. The van der Waals surface area contributed by atoms with Crippen molar-refractivity contribution in [3.05, 3.63) is 51.7 Å². The summed E-state index contributed by atoms with van der Waals surface area (Å²) in [4.78, 5) is 14.7. The number of oxime groups is 1. The molecule has 1 aromatic heterocycles. The summed E-state index contributed by atoms with van der Waals surface area (Å²) in [7, 11) is 0. The zero-order valence-corrected chi connectivity index (χ0v) is 12.6. The molecule has 1 aromatic carbocycles. The second-order valence-electron chi connectivity index (χ2n) is 4.23. The molecule has 110 valence electrons. The number of thiophene rings is 1. The Morgan fingerprint density at radius 3 is 2.62 bits per heavy atom. The lowest BCUT2D eigenvalue weighted by molar-refractivity contribution is 0.0991. The van der Waals surface area contributed by atoms with Gasteiger partial charge in [-0.15, -0.1) is 11.3 Å². The minimum Gasteiger partial charge on any atom is -0.409 e. The fourth-order valence-electron chi connectivity index (χ4n) is 1.80. The van der Waals surface area contributed by atoms with E-state index in [0.717, 1.165) is 5.69 Å². The highest BCUT2D eigenvalue weighted by Gasteiger charge is 2.21. The van der Waals surface area contributed by atoms with Crippen LogP contribution in [-0.4, -0.2) is 23.5 Å². The van der Waals surface area contributed by atoms with Crippen molar-refractivity contribution in [2.45, 2.75) is 6.42 Å². The largest absolute Gasteiger partial charge is 0.409 e. The van der Waals surface area contributed by atoms with Crippen LogP contribution in [0.5, 0.6) is 0 Å². The minimum absolute atomic E-state index is 0.0704. The summed E-state index contributed by atoms with van der Waals surface area (Å²) in [5.41, 5.74) is 6.22. The predicted molar refractivity (Wildman–Crippen MR) is 85.5 cm³/mol. The molecule has 1 heterocycles. The first-order valence-corrected chi connectivity index (χ1v) is 7.45. The van der Waals surface area contributed by atoms with Crippen molar-refractivity contribution in [1.29, 1.82) is 0 Å². The Morgan fingerprint density at radius 1 is 1.33 bits per heavy atom. The summed E-state index contributed by atoms with van der Waals surface area (Å²) in [5, 5.41) is 13.7. The second kappa shape index (κ2) is 7.10. The van der Waals surface area contributed by atoms with E-state index in [4.69, 9.17) is 22.5 Å². The van der Waals surface area contributed by atoms with Gasteiger partial charge in [-0.2, -0.15) is 0 Å². The Labute approximate surface area is 131 Å². The van der Waals surface area contributed by atoms with Gasteiger partial charge < -0.3 is 15.8 Å².